The van der Waals surface area contributed by atoms with Gasteiger partial charge in [-0.05, 0) is 37.5 Å². The van der Waals surface area contributed by atoms with Crippen LogP contribution >= 0.6 is 0 Å². The molecule has 2 N–H and O–H groups in total. The van der Waals surface area contributed by atoms with Gasteiger partial charge in [0.15, 0.2) is 0 Å². The zero-order valence-electron chi connectivity index (χ0n) is 10.7. The molecule has 1 aliphatic carbocycles. The van der Waals surface area contributed by atoms with Gasteiger partial charge in [-0.2, -0.15) is 5.26 Å². The predicted octanol–water partition coefficient (Wildman–Crippen LogP) is 1.23. The smallest absolute Gasteiger partial charge is 0.305 e. The van der Waals surface area contributed by atoms with Crippen molar-refractivity contribution in [3.63, 3.8) is 0 Å². The van der Waals surface area contributed by atoms with Crippen LogP contribution in [0.25, 0.3) is 0 Å². The molecule has 20 heavy (non-hydrogen) atoms. The lowest BCUT2D eigenvalue weighted by Crippen LogP contribution is -2.54. The maximum absolute atomic E-state index is 12.3. The minimum absolute atomic E-state index is 0.0202. The van der Waals surface area contributed by atoms with Gasteiger partial charge in [0.25, 0.3) is 0 Å². The van der Waals surface area contributed by atoms with Crippen LogP contribution < -0.4 is 4.72 Å². The number of carboxylic acids is 1. The molecule has 0 aliphatic heterocycles. The highest BCUT2D eigenvalue weighted by Crippen LogP contribution is 2.36. The molecular weight excluding hydrogens is 280 g/mol. The summed E-state index contributed by atoms with van der Waals surface area (Å²) in [5.41, 5.74) is -0.651. The van der Waals surface area contributed by atoms with Crippen molar-refractivity contribution in [2.24, 2.45) is 0 Å². The Bertz CT molecular complexity index is 672. The Morgan fingerprint density at radius 3 is 2.65 bits per heavy atom. The monoisotopic (exact) mass is 294 g/mol. The van der Waals surface area contributed by atoms with Gasteiger partial charge in [-0.3, -0.25) is 4.79 Å². The zero-order valence-corrected chi connectivity index (χ0v) is 11.5. The van der Waals surface area contributed by atoms with Gasteiger partial charge in [-0.1, -0.05) is 6.07 Å². The average Bonchev–Trinajstić information content (AvgIpc) is 2.35. The molecule has 1 saturated carbocycles. The Morgan fingerprint density at radius 2 is 2.15 bits per heavy atom. The average molecular weight is 294 g/mol. The van der Waals surface area contributed by atoms with Crippen LogP contribution in [0.2, 0.25) is 0 Å². The summed E-state index contributed by atoms with van der Waals surface area (Å²) in [5.74, 6) is -1.03. The summed E-state index contributed by atoms with van der Waals surface area (Å²) in [5, 5.41) is 17.7. The van der Waals surface area contributed by atoms with Crippen LogP contribution in [0.1, 0.15) is 31.2 Å². The molecule has 0 saturated heterocycles. The number of nitriles is 1. The van der Waals surface area contributed by atoms with E-state index < -0.39 is 21.5 Å². The predicted molar refractivity (Wildman–Crippen MR) is 70.3 cm³/mol. The van der Waals surface area contributed by atoms with E-state index in [9.17, 15) is 13.2 Å². The maximum atomic E-state index is 12.3. The number of hydrogen-bond acceptors (Lipinski definition) is 4. The molecule has 6 nitrogen and oxygen atoms in total. The second-order valence-corrected chi connectivity index (χ2v) is 6.63. The maximum Gasteiger partial charge on any atom is 0.305 e. The number of carbonyl (C=O) groups is 1. The third kappa shape index (κ3) is 2.98. The first kappa shape index (κ1) is 14.5. The number of nitrogens with zero attached hydrogens (tertiary/aromatic N) is 1. The normalized spacial score (nSPS) is 16.9. The molecule has 7 heteroatoms. The highest BCUT2D eigenvalue weighted by Gasteiger charge is 2.42. The van der Waals surface area contributed by atoms with Crippen molar-refractivity contribution in [3.8, 4) is 6.07 Å². The van der Waals surface area contributed by atoms with E-state index in [1.165, 1.54) is 24.3 Å². The SMILES string of the molecule is N#Cc1cccc(S(=O)(=O)NC2(CC(=O)O)CCC2)c1. The number of benzene rings is 1. The van der Waals surface area contributed by atoms with E-state index in [1.807, 2.05) is 6.07 Å². The van der Waals surface area contributed by atoms with Crippen LogP contribution in [0.15, 0.2) is 29.2 Å². The summed E-state index contributed by atoms with van der Waals surface area (Å²) < 4.78 is 27.0. The summed E-state index contributed by atoms with van der Waals surface area (Å²) in [7, 11) is -3.82. The molecule has 2 rings (SSSR count). The van der Waals surface area contributed by atoms with Crippen molar-refractivity contribution in [2.75, 3.05) is 0 Å². The van der Waals surface area contributed by atoms with E-state index in [1.54, 1.807) is 0 Å². The van der Waals surface area contributed by atoms with Crippen molar-refractivity contribution in [1.82, 2.24) is 4.72 Å². The van der Waals surface area contributed by atoms with E-state index in [-0.39, 0.29) is 16.9 Å². The molecule has 1 aromatic carbocycles. The fraction of sp³-hybridized carbons (Fsp3) is 0.385. The fourth-order valence-corrected chi connectivity index (χ4v) is 3.79. The van der Waals surface area contributed by atoms with Crippen LogP contribution in [0.3, 0.4) is 0 Å². The number of sulfonamides is 1. The lowest BCUT2D eigenvalue weighted by Gasteiger charge is -2.40. The van der Waals surface area contributed by atoms with E-state index in [4.69, 9.17) is 10.4 Å². The first-order valence-electron chi connectivity index (χ1n) is 6.13. The lowest BCUT2D eigenvalue weighted by molar-refractivity contribution is -0.139. The van der Waals surface area contributed by atoms with Crippen LogP contribution in [-0.4, -0.2) is 25.0 Å². The molecule has 1 aromatic rings. The number of aliphatic carboxylic acids is 1. The second-order valence-electron chi connectivity index (χ2n) is 4.95. The van der Waals surface area contributed by atoms with Crippen LogP contribution in [0.5, 0.6) is 0 Å². The molecule has 1 aliphatic rings. The molecule has 106 valence electrons. The summed E-state index contributed by atoms with van der Waals surface area (Å²) in [4.78, 5) is 10.8. The number of hydrogen-bond donors (Lipinski definition) is 2. The van der Waals surface area contributed by atoms with E-state index in [0.717, 1.165) is 6.42 Å². The van der Waals surface area contributed by atoms with Gasteiger partial charge in [0.2, 0.25) is 10.0 Å². The van der Waals surface area contributed by atoms with E-state index >= 15 is 0 Å². The minimum atomic E-state index is -3.82. The highest BCUT2D eigenvalue weighted by atomic mass is 32.2. The van der Waals surface area contributed by atoms with Crippen LogP contribution in [0.4, 0.5) is 0 Å². The Labute approximate surface area is 117 Å². The highest BCUT2D eigenvalue weighted by molar-refractivity contribution is 7.89. The Kier molecular flexibility index (Phi) is 3.79. The summed E-state index contributed by atoms with van der Waals surface area (Å²) in [6, 6.07) is 7.53. The standard InChI is InChI=1S/C13H14N2O4S/c14-9-10-3-1-4-11(7-10)20(18,19)15-13(5-2-6-13)8-12(16)17/h1,3-4,7,15H,2,5-6,8H2,(H,16,17). The van der Waals surface area contributed by atoms with E-state index in [2.05, 4.69) is 4.72 Å². The van der Waals surface area contributed by atoms with Crippen molar-refractivity contribution >= 4 is 16.0 Å². The molecule has 0 unspecified atom stereocenters. The first-order valence-corrected chi connectivity index (χ1v) is 7.61. The molecule has 0 amide bonds. The van der Waals surface area contributed by atoms with Gasteiger partial charge in [-0.25, -0.2) is 13.1 Å². The van der Waals surface area contributed by atoms with Crippen LogP contribution in [-0.2, 0) is 14.8 Å². The van der Waals surface area contributed by atoms with Crippen molar-refractivity contribution < 1.29 is 18.3 Å². The Balaban J connectivity index is 2.26. The van der Waals surface area contributed by atoms with Gasteiger partial charge in [0.05, 0.1) is 22.9 Å². The first-order chi connectivity index (χ1) is 9.37. The van der Waals surface area contributed by atoms with Crippen molar-refractivity contribution in [1.29, 1.82) is 5.26 Å². The van der Waals surface area contributed by atoms with Gasteiger partial charge < -0.3 is 5.11 Å². The van der Waals surface area contributed by atoms with Gasteiger partial charge >= 0.3 is 5.97 Å². The minimum Gasteiger partial charge on any atom is -0.481 e. The quantitative estimate of drug-likeness (QED) is 0.849. The lowest BCUT2D eigenvalue weighted by atomic mass is 9.75. The largest absolute Gasteiger partial charge is 0.481 e. The molecule has 1 fully saturated rings. The molecule has 0 spiro atoms. The van der Waals surface area contributed by atoms with Gasteiger partial charge in [0, 0.05) is 5.54 Å². The van der Waals surface area contributed by atoms with Gasteiger partial charge in [0.1, 0.15) is 0 Å². The third-order valence-corrected chi connectivity index (χ3v) is 5.00. The number of carboxylic acid groups (broad SMARTS) is 1. The summed E-state index contributed by atoms with van der Waals surface area (Å²) >= 11 is 0. The Hall–Kier alpha value is -1.91. The third-order valence-electron chi connectivity index (χ3n) is 3.42. The number of nitrogens with one attached hydrogen (secondary N) is 1. The molecule has 0 aromatic heterocycles. The van der Waals surface area contributed by atoms with Crippen LogP contribution in [0, 0.1) is 11.3 Å². The molecule has 0 radical (unpaired) electrons. The van der Waals surface area contributed by atoms with Gasteiger partial charge in [-0.15, -0.1) is 0 Å². The topological polar surface area (TPSA) is 107 Å². The molecule has 0 atom stereocenters. The zero-order chi connectivity index (χ0) is 14.8. The summed E-state index contributed by atoms with van der Waals surface area (Å²) in [6.07, 6.45) is 1.59. The summed E-state index contributed by atoms with van der Waals surface area (Å²) in [6.45, 7) is 0. The van der Waals surface area contributed by atoms with Crippen molar-refractivity contribution in [3.05, 3.63) is 29.8 Å². The molecule has 0 heterocycles. The molecule has 0 bridgehead atoms. The van der Waals surface area contributed by atoms with E-state index in [0.29, 0.717) is 12.8 Å². The molecular formula is C13H14N2O4S. The fourth-order valence-electron chi connectivity index (χ4n) is 2.28. The number of rotatable bonds is 5. The Morgan fingerprint density at radius 1 is 1.45 bits per heavy atom. The van der Waals surface area contributed by atoms with Crippen molar-refractivity contribution in [2.45, 2.75) is 36.1 Å². The second kappa shape index (κ2) is 5.23.